The van der Waals surface area contributed by atoms with E-state index in [-0.39, 0.29) is 5.97 Å². The van der Waals surface area contributed by atoms with Crippen LogP contribution < -0.4 is 0 Å². The van der Waals surface area contributed by atoms with E-state index < -0.39 is 0 Å². The fourth-order valence-corrected chi connectivity index (χ4v) is 1.77. The van der Waals surface area contributed by atoms with Crippen molar-refractivity contribution < 1.29 is 9.53 Å². The van der Waals surface area contributed by atoms with Gasteiger partial charge in [-0.05, 0) is 23.8 Å². The maximum atomic E-state index is 11.6. The van der Waals surface area contributed by atoms with E-state index in [1.807, 2.05) is 36.4 Å². The lowest BCUT2D eigenvalue weighted by Crippen LogP contribution is -1.92. The molecule has 0 atom stereocenters. The number of ether oxygens (including phenoxy) is 1. The Morgan fingerprint density at radius 2 is 1.88 bits per heavy atom. The zero-order chi connectivity index (χ0) is 11.7. The van der Waals surface area contributed by atoms with Crippen LogP contribution in [0.15, 0.2) is 48.7 Å². The molecule has 2 heterocycles. The molecule has 17 heavy (non-hydrogen) atoms. The number of esters is 1. The predicted octanol–water partition coefficient (Wildman–Crippen LogP) is 2.75. The Labute approximate surface area is 98.4 Å². The van der Waals surface area contributed by atoms with Crippen molar-refractivity contribution in [2.75, 3.05) is 0 Å². The molecule has 0 spiro atoms. The molecule has 0 unspecified atom stereocenters. The van der Waals surface area contributed by atoms with Crippen molar-refractivity contribution in [3.8, 4) is 0 Å². The molecule has 2 aromatic rings. The standard InChI is InChI=1S/C14H9NO2/c16-14-11-7-4-8-15-13(11)12(17-14)9-10-5-2-1-3-6-10/h1-9H/b12-9-. The zero-order valence-corrected chi connectivity index (χ0v) is 8.96. The summed E-state index contributed by atoms with van der Waals surface area (Å²) in [6.07, 6.45) is 3.47. The van der Waals surface area contributed by atoms with Gasteiger partial charge in [0.25, 0.3) is 0 Å². The molecule has 1 aromatic heterocycles. The molecule has 0 amide bonds. The Hall–Kier alpha value is -2.42. The lowest BCUT2D eigenvalue weighted by molar-refractivity contribution is 0.0717. The predicted molar refractivity (Wildman–Crippen MR) is 64.0 cm³/mol. The van der Waals surface area contributed by atoms with E-state index in [4.69, 9.17) is 4.74 Å². The van der Waals surface area contributed by atoms with Gasteiger partial charge in [0.15, 0.2) is 5.76 Å². The summed E-state index contributed by atoms with van der Waals surface area (Å²) in [7, 11) is 0. The van der Waals surface area contributed by atoms with Crippen LogP contribution in [0.3, 0.4) is 0 Å². The smallest absolute Gasteiger partial charge is 0.345 e. The molecule has 1 aliphatic rings. The highest BCUT2D eigenvalue weighted by molar-refractivity contribution is 6.04. The summed E-state index contributed by atoms with van der Waals surface area (Å²) < 4.78 is 5.20. The van der Waals surface area contributed by atoms with Crippen LogP contribution in [-0.4, -0.2) is 11.0 Å². The van der Waals surface area contributed by atoms with Crippen LogP contribution in [-0.2, 0) is 4.74 Å². The van der Waals surface area contributed by atoms with Crippen molar-refractivity contribution in [1.29, 1.82) is 0 Å². The van der Waals surface area contributed by atoms with E-state index in [1.54, 1.807) is 18.3 Å². The van der Waals surface area contributed by atoms with E-state index in [1.165, 1.54) is 0 Å². The van der Waals surface area contributed by atoms with Crippen LogP contribution in [0.25, 0.3) is 11.8 Å². The molecule has 3 rings (SSSR count). The number of benzene rings is 1. The SMILES string of the molecule is O=C1O/C(=C\c2ccccc2)c2ncccc21. The normalized spacial score (nSPS) is 15.8. The fraction of sp³-hybridized carbons (Fsp3) is 0. The third-order valence-electron chi connectivity index (χ3n) is 2.56. The molecule has 1 aliphatic heterocycles. The summed E-state index contributed by atoms with van der Waals surface area (Å²) in [5.41, 5.74) is 2.12. The highest BCUT2D eigenvalue weighted by Crippen LogP contribution is 2.28. The van der Waals surface area contributed by atoms with E-state index in [9.17, 15) is 4.79 Å². The Balaban J connectivity index is 2.08. The fourth-order valence-electron chi connectivity index (χ4n) is 1.77. The molecule has 82 valence electrons. The van der Waals surface area contributed by atoms with Gasteiger partial charge in [-0.1, -0.05) is 30.3 Å². The van der Waals surface area contributed by atoms with Gasteiger partial charge in [0.2, 0.25) is 0 Å². The van der Waals surface area contributed by atoms with Crippen molar-refractivity contribution >= 4 is 17.8 Å². The first kappa shape index (κ1) is 9.78. The van der Waals surface area contributed by atoms with E-state index in [2.05, 4.69) is 4.98 Å². The molecule has 0 N–H and O–H groups in total. The molecule has 1 aromatic carbocycles. The van der Waals surface area contributed by atoms with Crippen molar-refractivity contribution in [3.63, 3.8) is 0 Å². The van der Waals surface area contributed by atoms with Crippen molar-refractivity contribution in [2.45, 2.75) is 0 Å². The number of nitrogens with zero attached hydrogens (tertiary/aromatic N) is 1. The maximum Gasteiger partial charge on any atom is 0.345 e. The largest absolute Gasteiger partial charge is 0.421 e. The summed E-state index contributed by atoms with van der Waals surface area (Å²) in [4.78, 5) is 15.7. The lowest BCUT2D eigenvalue weighted by atomic mass is 10.1. The molecule has 0 fully saturated rings. The van der Waals surface area contributed by atoms with Crippen LogP contribution >= 0.6 is 0 Å². The minimum atomic E-state index is -0.338. The Morgan fingerprint density at radius 1 is 1.06 bits per heavy atom. The number of cyclic esters (lactones) is 1. The van der Waals surface area contributed by atoms with Gasteiger partial charge in [-0.25, -0.2) is 4.79 Å². The number of pyridine rings is 1. The Bertz CT molecular complexity index is 603. The molecule has 3 heteroatoms. The Morgan fingerprint density at radius 3 is 2.71 bits per heavy atom. The van der Waals surface area contributed by atoms with Gasteiger partial charge in [-0.15, -0.1) is 0 Å². The average Bonchev–Trinajstić information content (AvgIpc) is 2.69. The molecule has 0 aliphatic carbocycles. The topological polar surface area (TPSA) is 39.2 Å². The summed E-state index contributed by atoms with van der Waals surface area (Å²) in [5, 5.41) is 0. The van der Waals surface area contributed by atoms with Crippen LogP contribution in [0.1, 0.15) is 21.6 Å². The van der Waals surface area contributed by atoms with Gasteiger partial charge in [0, 0.05) is 6.20 Å². The highest BCUT2D eigenvalue weighted by Gasteiger charge is 2.27. The second-order valence-electron chi connectivity index (χ2n) is 3.71. The van der Waals surface area contributed by atoms with Gasteiger partial charge >= 0.3 is 5.97 Å². The third kappa shape index (κ3) is 1.72. The summed E-state index contributed by atoms with van der Waals surface area (Å²) in [6, 6.07) is 13.1. The lowest BCUT2D eigenvalue weighted by Gasteiger charge is -1.97. The average molecular weight is 223 g/mol. The number of carbonyl (C=O) groups excluding carboxylic acids is 1. The van der Waals surface area contributed by atoms with Crippen LogP contribution in [0.2, 0.25) is 0 Å². The van der Waals surface area contributed by atoms with Gasteiger partial charge in [0.05, 0.1) is 5.56 Å². The number of aromatic nitrogens is 1. The Kier molecular flexibility index (Phi) is 2.22. The molecule has 0 bridgehead atoms. The summed E-state index contributed by atoms with van der Waals surface area (Å²) >= 11 is 0. The first-order valence-corrected chi connectivity index (χ1v) is 5.29. The van der Waals surface area contributed by atoms with Gasteiger partial charge in [-0.2, -0.15) is 0 Å². The first-order chi connectivity index (χ1) is 8.34. The molecular formula is C14H9NO2. The minimum absolute atomic E-state index is 0.338. The number of carbonyl (C=O) groups is 1. The maximum absolute atomic E-state index is 11.6. The van der Waals surface area contributed by atoms with Gasteiger partial charge < -0.3 is 4.74 Å². The number of hydrogen-bond donors (Lipinski definition) is 0. The van der Waals surface area contributed by atoms with E-state index in [0.29, 0.717) is 17.0 Å². The highest BCUT2D eigenvalue weighted by atomic mass is 16.5. The molecule has 0 saturated carbocycles. The monoisotopic (exact) mass is 223 g/mol. The molecule has 0 saturated heterocycles. The summed E-state index contributed by atoms with van der Waals surface area (Å²) in [6.45, 7) is 0. The first-order valence-electron chi connectivity index (χ1n) is 5.29. The second kappa shape index (κ2) is 3.87. The second-order valence-corrected chi connectivity index (χ2v) is 3.71. The van der Waals surface area contributed by atoms with Crippen LogP contribution in [0.4, 0.5) is 0 Å². The van der Waals surface area contributed by atoms with Crippen molar-refractivity contribution in [3.05, 3.63) is 65.5 Å². The van der Waals surface area contributed by atoms with Crippen LogP contribution in [0.5, 0.6) is 0 Å². The summed E-state index contributed by atoms with van der Waals surface area (Å²) in [5.74, 6) is 0.173. The van der Waals surface area contributed by atoms with Gasteiger partial charge in [-0.3, -0.25) is 4.98 Å². The number of hydrogen-bond acceptors (Lipinski definition) is 3. The molecule has 3 nitrogen and oxygen atoms in total. The van der Waals surface area contributed by atoms with Gasteiger partial charge in [0.1, 0.15) is 5.69 Å². The quantitative estimate of drug-likeness (QED) is 0.698. The van der Waals surface area contributed by atoms with Crippen LogP contribution in [0, 0.1) is 0 Å². The molecule has 0 radical (unpaired) electrons. The number of rotatable bonds is 1. The van der Waals surface area contributed by atoms with Crippen molar-refractivity contribution in [2.24, 2.45) is 0 Å². The number of fused-ring (bicyclic) bond motifs is 1. The van der Waals surface area contributed by atoms with E-state index in [0.717, 1.165) is 5.56 Å². The zero-order valence-electron chi connectivity index (χ0n) is 8.96. The van der Waals surface area contributed by atoms with E-state index >= 15 is 0 Å². The molecular weight excluding hydrogens is 214 g/mol. The van der Waals surface area contributed by atoms with Crippen molar-refractivity contribution in [1.82, 2.24) is 4.98 Å². The minimum Gasteiger partial charge on any atom is -0.421 e. The third-order valence-corrected chi connectivity index (χ3v) is 2.56.